The molecule has 0 amide bonds. The molecule has 1 unspecified atom stereocenters. The Morgan fingerprint density at radius 2 is 2.25 bits per heavy atom. The van der Waals surface area contributed by atoms with Gasteiger partial charge in [0.15, 0.2) is 0 Å². The average molecular weight is 235 g/mol. The first kappa shape index (κ1) is 11.4. The molecule has 0 aliphatic carbocycles. The second-order valence-electron chi connectivity index (χ2n) is 3.82. The van der Waals surface area contributed by atoms with Gasteiger partial charge in [-0.05, 0) is 36.5 Å². The zero-order chi connectivity index (χ0) is 11.2. The maximum Gasteiger partial charge on any atom is 0.105 e. The van der Waals surface area contributed by atoms with Crippen molar-refractivity contribution in [2.24, 2.45) is 0 Å². The highest BCUT2D eigenvalue weighted by molar-refractivity contribution is 7.09. The summed E-state index contributed by atoms with van der Waals surface area (Å²) in [5, 5.41) is 5.64. The van der Waals surface area contributed by atoms with Gasteiger partial charge in [-0.1, -0.05) is 13.0 Å². The van der Waals surface area contributed by atoms with Gasteiger partial charge in [-0.3, -0.25) is 0 Å². The van der Waals surface area contributed by atoms with E-state index in [2.05, 4.69) is 29.8 Å². The van der Waals surface area contributed by atoms with Crippen LogP contribution in [0.15, 0.2) is 40.3 Å². The first-order valence-electron chi connectivity index (χ1n) is 5.66. The molecule has 3 heteroatoms. The van der Waals surface area contributed by atoms with E-state index in [0.29, 0.717) is 6.04 Å². The van der Waals surface area contributed by atoms with E-state index in [1.54, 1.807) is 6.26 Å². The molecule has 2 aromatic heterocycles. The SMILES string of the molecule is CCNC(Cc1ccco1)Cc1cccs1. The Labute approximate surface area is 100 Å². The van der Waals surface area contributed by atoms with E-state index in [9.17, 15) is 0 Å². The van der Waals surface area contributed by atoms with Crippen LogP contribution in [-0.4, -0.2) is 12.6 Å². The maximum atomic E-state index is 5.39. The van der Waals surface area contributed by atoms with Crippen LogP contribution in [0.5, 0.6) is 0 Å². The van der Waals surface area contributed by atoms with Crippen LogP contribution < -0.4 is 5.32 Å². The minimum atomic E-state index is 0.467. The van der Waals surface area contributed by atoms with E-state index >= 15 is 0 Å². The smallest absolute Gasteiger partial charge is 0.105 e. The Morgan fingerprint density at radius 3 is 2.88 bits per heavy atom. The van der Waals surface area contributed by atoms with Gasteiger partial charge in [-0.15, -0.1) is 11.3 Å². The number of rotatable bonds is 6. The topological polar surface area (TPSA) is 25.2 Å². The molecule has 0 fully saturated rings. The Kier molecular flexibility index (Phi) is 4.19. The van der Waals surface area contributed by atoms with Gasteiger partial charge in [0.05, 0.1) is 6.26 Å². The van der Waals surface area contributed by atoms with Crippen molar-refractivity contribution < 1.29 is 4.42 Å². The lowest BCUT2D eigenvalue weighted by Crippen LogP contribution is -2.32. The molecule has 2 aromatic rings. The predicted molar refractivity (Wildman–Crippen MR) is 67.9 cm³/mol. The number of thiophene rings is 1. The summed E-state index contributed by atoms with van der Waals surface area (Å²) in [6.45, 7) is 3.14. The minimum absolute atomic E-state index is 0.467. The maximum absolute atomic E-state index is 5.39. The molecule has 0 saturated carbocycles. The summed E-state index contributed by atoms with van der Waals surface area (Å²) in [7, 11) is 0. The number of hydrogen-bond acceptors (Lipinski definition) is 3. The largest absolute Gasteiger partial charge is 0.469 e. The van der Waals surface area contributed by atoms with Crippen molar-refractivity contribution in [1.29, 1.82) is 0 Å². The molecule has 0 aliphatic heterocycles. The van der Waals surface area contributed by atoms with Crippen molar-refractivity contribution in [2.75, 3.05) is 6.54 Å². The second kappa shape index (κ2) is 5.87. The Hall–Kier alpha value is -1.06. The quantitative estimate of drug-likeness (QED) is 0.832. The molecule has 0 aliphatic rings. The van der Waals surface area contributed by atoms with E-state index in [1.807, 2.05) is 23.5 Å². The monoisotopic (exact) mass is 235 g/mol. The van der Waals surface area contributed by atoms with E-state index in [1.165, 1.54) is 4.88 Å². The Balaban J connectivity index is 1.94. The van der Waals surface area contributed by atoms with Gasteiger partial charge in [-0.2, -0.15) is 0 Å². The van der Waals surface area contributed by atoms with Crippen molar-refractivity contribution >= 4 is 11.3 Å². The molecular weight excluding hydrogens is 218 g/mol. The third-order valence-electron chi connectivity index (χ3n) is 2.55. The molecule has 0 bridgehead atoms. The summed E-state index contributed by atoms with van der Waals surface area (Å²) >= 11 is 1.82. The predicted octanol–water partition coefficient (Wildman–Crippen LogP) is 3.10. The zero-order valence-corrected chi connectivity index (χ0v) is 10.3. The van der Waals surface area contributed by atoms with Gasteiger partial charge >= 0.3 is 0 Å². The molecule has 86 valence electrons. The first-order chi connectivity index (χ1) is 7.88. The van der Waals surface area contributed by atoms with Crippen LogP contribution in [0.1, 0.15) is 17.6 Å². The average Bonchev–Trinajstić information content (AvgIpc) is 2.91. The van der Waals surface area contributed by atoms with Crippen LogP contribution in [0, 0.1) is 0 Å². The molecule has 0 radical (unpaired) electrons. The van der Waals surface area contributed by atoms with Gasteiger partial charge in [-0.25, -0.2) is 0 Å². The molecule has 1 atom stereocenters. The van der Waals surface area contributed by atoms with Gasteiger partial charge in [0.1, 0.15) is 5.76 Å². The summed E-state index contributed by atoms with van der Waals surface area (Å²) in [4.78, 5) is 1.43. The Morgan fingerprint density at radius 1 is 1.31 bits per heavy atom. The molecule has 0 spiro atoms. The number of furan rings is 1. The van der Waals surface area contributed by atoms with Gasteiger partial charge in [0.2, 0.25) is 0 Å². The number of likely N-dealkylation sites (N-methyl/N-ethyl adjacent to an activating group) is 1. The summed E-state index contributed by atoms with van der Waals surface area (Å²) in [6.07, 6.45) is 3.77. The van der Waals surface area contributed by atoms with Crippen LogP contribution in [0.3, 0.4) is 0 Å². The van der Waals surface area contributed by atoms with Gasteiger partial charge in [0, 0.05) is 17.3 Å². The van der Waals surface area contributed by atoms with Crippen LogP contribution in [-0.2, 0) is 12.8 Å². The first-order valence-corrected chi connectivity index (χ1v) is 6.54. The van der Waals surface area contributed by atoms with Crippen LogP contribution in [0.2, 0.25) is 0 Å². The highest BCUT2D eigenvalue weighted by Gasteiger charge is 2.11. The van der Waals surface area contributed by atoms with Crippen molar-refractivity contribution in [1.82, 2.24) is 5.32 Å². The van der Waals surface area contributed by atoms with Crippen LogP contribution in [0.4, 0.5) is 0 Å². The van der Waals surface area contributed by atoms with E-state index in [4.69, 9.17) is 4.42 Å². The van der Waals surface area contributed by atoms with E-state index in [-0.39, 0.29) is 0 Å². The Bertz CT molecular complexity index is 344. The standard InChI is InChI=1S/C13H17NOS/c1-2-14-11(9-12-5-3-7-15-12)10-13-6-4-8-16-13/h3-8,11,14H,2,9-10H2,1H3. The molecule has 2 nitrogen and oxygen atoms in total. The van der Waals surface area contributed by atoms with Crippen molar-refractivity contribution in [3.63, 3.8) is 0 Å². The molecule has 16 heavy (non-hydrogen) atoms. The minimum Gasteiger partial charge on any atom is -0.469 e. The number of hydrogen-bond donors (Lipinski definition) is 1. The summed E-state index contributed by atoms with van der Waals surface area (Å²) < 4.78 is 5.39. The highest BCUT2D eigenvalue weighted by atomic mass is 32.1. The molecule has 0 aromatic carbocycles. The number of nitrogens with one attached hydrogen (secondary N) is 1. The summed E-state index contributed by atoms with van der Waals surface area (Å²) in [5.74, 6) is 1.06. The second-order valence-corrected chi connectivity index (χ2v) is 4.85. The van der Waals surface area contributed by atoms with E-state index < -0.39 is 0 Å². The molecule has 1 N–H and O–H groups in total. The molecule has 2 rings (SSSR count). The van der Waals surface area contributed by atoms with E-state index in [0.717, 1.165) is 25.1 Å². The lowest BCUT2D eigenvalue weighted by molar-refractivity contribution is 0.446. The molecule has 0 saturated heterocycles. The van der Waals surface area contributed by atoms with Crippen LogP contribution >= 0.6 is 11.3 Å². The third-order valence-corrected chi connectivity index (χ3v) is 3.45. The molecular formula is C13H17NOS. The lowest BCUT2D eigenvalue weighted by atomic mass is 10.1. The summed E-state index contributed by atoms with van der Waals surface area (Å²) in [5.41, 5.74) is 0. The fourth-order valence-corrected chi connectivity index (χ4v) is 2.63. The third kappa shape index (κ3) is 3.22. The van der Waals surface area contributed by atoms with Gasteiger partial charge < -0.3 is 9.73 Å². The summed E-state index contributed by atoms with van der Waals surface area (Å²) in [6, 6.07) is 8.75. The van der Waals surface area contributed by atoms with Crippen molar-refractivity contribution in [3.05, 3.63) is 46.5 Å². The highest BCUT2D eigenvalue weighted by Crippen LogP contribution is 2.14. The zero-order valence-electron chi connectivity index (χ0n) is 9.48. The fourth-order valence-electron chi connectivity index (χ4n) is 1.85. The van der Waals surface area contributed by atoms with Gasteiger partial charge in [0.25, 0.3) is 0 Å². The normalized spacial score (nSPS) is 12.8. The van der Waals surface area contributed by atoms with Crippen molar-refractivity contribution in [2.45, 2.75) is 25.8 Å². The van der Waals surface area contributed by atoms with Crippen LogP contribution in [0.25, 0.3) is 0 Å². The van der Waals surface area contributed by atoms with Crippen molar-refractivity contribution in [3.8, 4) is 0 Å². The fraction of sp³-hybridized carbons (Fsp3) is 0.385. The molecule has 2 heterocycles. The lowest BCUT2D eigenvalue weighted by Gasteiger charge is -2.15.